The van der Waals surface area contributed by atoms with Gasteiger partial charge in [-0.3, -0.25) is 0 Å². The van der Waals surface area contributed by atoms with E-state index < -0.39 is 0 Å². The fourth-order valence-corrected chi connectivity index (χ4v) is 1.83. The number of aryl methyl sites for hydroxylation is 2. The lowest BCUT2D eigenvalue weighted by Gasteiger charge is -2.24. The van der Waals surface area contributed by atoms with E-state index in [0.29, 0.717) is 31.1 Å². The Labute approximate surface area is 108 Å². The van der Waals surface area contributed by atoms with E-state index in [-0.39, 0.29) is 6.61 Å². The molecule has 0 fully saturated rings. The quantitative estimate of drug-likeness (QED) is 0.815. The van der Waals surface area contributed by atoms with Crippen LogP contribution in [0.15, 0.2) is 6.07 Å². The average molecular weight is 249 g/mol. The van der Waals surface area contributed by atoms with Gasteiger partial charge < -0.3 is 14.7 Å². The summed E-state index contributed by atoms with van der Waals surface area (Å²) in [6.45, 7) is 5.37. The van der Waals surface area contributed by atoms with Crippen LogP contribution in [-0.4, -0.2) is 43.5 Å². The number of pyridine rings is 1. The summed E-state index contributed by atoms with van der Waals surface area (Å²) in [5, 5.41) is 18.3. The summed E-state index contributed by atoms with van der Waals surface area (Å²) in [6.07, 6.45) is 0. The predicted molar refractivity (Wildman–Crippen MR) is 69.6 cm³/mol. The van der Waals surface area contributed by atoms with Gasteiger partial charge in [-0.25, -0.2) is 4.98 Å². The largest absolute Gasteiger partial charge is 0.395 e. The zero-order valence-corrected chi connectivity index (χ0v) is 11.1. The van der Waals surface area contributed by atoms with Crippen molar-refractivity contribution in [3.8, 4) is 6.07 Å². The molecule has 0 saturated carbocycles. The second-order valence-electron chi connectivity index (χ2n) is 4.09. The molecule has 0 saturated heterocycles. The van der Waals surface area contributed by atoms with Crippen LogP contribution in [0.4, 0.5) is 5.82 Å². The molecule has 1 N–H and O–H groups in total. The first-order chi connectivity index (χ1) is 8.63. The summed E-state index contributed by atoms with van der Waals surface area (Å²) >= 11 is 0. The Balaban J connectivity index is 3.13. The second-order valence-corrected chi connectivity index (χ2v) is 4.09. The van der Waals surface area contributed by atoms with Crippen molar-refractivity contribution < 1.29 is 9.84 Å². The average Bonchev–Trinajstić information content (AvgIpc) is 2.33. The van der Waals surface area contributed by atoms with Gasteiger partial charge in [0, 0.05) is 25.9 Å². The van der Waals surface area contributed by atoms with Gasteiger partial charge in [0.15, 0.2) is 0 Å². The summed E-state index contributed by atoms with van der Waals surface area (Å²) in [7, 11) is 1.62. The van der Waals surface area contributed by atoms with Crippen molar-refractivity contribution in [2.24, 2.45) is 0 Å². The third-order valence-corrected chi connectivity index (χ3v) is 2.67. The molecule has 5 heteroatoms. The van der Waals surface area contributed by atoms with Crippen molar-refractivity contribution in [1.82, 2.24) is 4.98 Å². The molecular weight excluding hydrogens is 230 g/mol. The fourth-order valence-electron chi connectivity index (χ4n) is 1.83. The molecule has 98 valence electrons. The lowest BCUT2D eigenvalue weighted by Crippen LogP contribution is -2.32. The molecule has 0 bridgehead atoms. The molecule has 0 aliphatic carbocycles. The van der Waals surface area contributed by atoms with Crippen molar-refractivity contribution in [2.75, 3.05) is 38.3 Å². The number of aliphatic hydroxyl groups is 1. The SMILES string of the molecule is COCCN(CCO)c1nc(C)cc(C)c1C#N. The lowest BCUT2D eigenvalue weighted by atomic mass is 10.1. The van der Waals surface area contributed by atoms with Gasteiger partial charge in [0.2, 0.25) is 0 Å². The Kier molecular flexibility index (Phi) is 5.56. The molecule has 0 aliphatic rings. The Bertz CT molecular complexity index is 441. The third-order valence-electron chi connectivity index (χ3n) is 2.67. The minimum atomic E-state index is 0.0171. The number of aliphatic hydroxyl groups excluding tert-OH is 1. The minimum Gasteiger partial charge on any atom is -0.395 e. The van der Waals surface area contributed by atoms with Crippen LogP contribution >= 0.6 is 0 Å². The Morgan fingerprint density at radius 3 is 2.72 bits per heavy atom. The van der Waals surface area contributed by atoms with Crippen LogP contribution in [0.5, 0.6) is 0 Å². The molecule has 1 aromatic heterocycles. The summed E-state index contributed by atoms with van der Waals surface area (Å²) in [5.74, 6) is 0.626. The first-order valence-electron chi connectivity index (χ1n) is 5.87. The van der Waals surface area contributed by atoms with Gasteiger partial charge in [-0.05, 0) is 25.5 Å². The highest BCUT2D eigenvalue weighted by atomic mass is 16.5. The van der Waals surface area contributed by atoms with Crippen molar-refractivity contribution in [3.05, 3.63) is 22.9 Å². The van der Waals surface area contributed by atoms with E-state index in [4.69, 9.17) is 9.84 Å². The van der Waals surface area contributed by atoms with Gasteiger partial charge >= 0.3 is 0 Å². The number of ether oxygens (including phenoxy) is 1. The molecular formula is C13H19N3O2. The molecule has 0 aromatic carbocycles. The molecule has 0 unspecified atom stereocenters. The van der Waals surface area contributed by atoms with Crippen molar-refractivity contribution in [2.45, 2.75) is 13.8 Å². The van der Waals surface area contributed by atoms with Crippen molar-refractivity contribution >= 4 is 5.82 Å². The molecule has 18 heavy (non-hydrogen) atoms. The minimum absolute atomic E-state index is 0.0171. The van der Waals surface area contributed by atoms with Crippen LogP contribution in [0.3, 0.4) is 0 Å². The number of nitriles is 1. The Morgan fingerprint density at radius 1 is 1.44 bits per heavy atom. The maximum absolute atomic E-state index is 9.22. The van der Waals surface area contributed by atoms with Gasteiger partial charge in [0.1, 0.15) is 11.9 Å². The van der Waals surface area contributed by atoms with E-state index in [1.54, 1.807) is 7.11 Å². The Hall–Kier alpha value is -1.64. The highest BCUT2D eigenvalue weighted by Crippen LogP contribution is 2.21. The maximum Gasteiger partial charge on any atom is 0.147 e. The number of hydrogen-bond acceptors (Lipinski definition) is 5. The summed E-state index contributed by atoms with van der Waals surface area (Å²) in [5.41, 5.74) is 2.33. The smallest absolute Gasteiger partial charge is 0.147 e. The lowest BCUT2D eigenvalue weighted by molar-refractivity contribution is 0.202. The first kappa shape index (κ1) is 14.4. The normalized spacial score (nSPS) is 10.2. The van der Waals surface area contributed by atoms with Gasteiger partial charge in [-0.1, -0.05) is 0 Å². The highest BCUT2D eigenvalue weighted by molar-refractivity contribution is 5.58. The van der Waals surface area contributed by atoms with Crippen LogP contribution in [0.25, 0.3) is 0 Å². The van der Waals surface area contributed by atoms with E-state index in [9.17, 15) is 5.26 Å². The van der Waals surface area contributed by atoms with Crippen LogP contribution in [0.2, 0.25) is 0 Å². The molecule has 0 aliphatic heterocycles. The first-order valence-corrected chi connectivity index (χ1v) is 5.87. The van der Waals surface area contributed by atoms with E-state index in [2.05, 4.69) is 11.1 Å². The zero-order valence-electron chi connectivity index (χ0n) is 11.1. The van der Waals surface area contributed by atoms with Crippen LogP contribution in [0, 0.1) is 25.2 Å². The van der Waals surface area contributed by atoms with Gasteiger partial charge in [-0.15, -0.1) is 0 Å². The van der Waals surface area contributed by atoms with Crippen LogP contribution in [-0.2, 0) is 4.74 Å². The number of methoxy groups -OCH3 is 1. The second kappa shape index (κ2) is 6.94. The van der Waals surface area contributed by atoms with Gasteiger partial charge in [-0.2, -0.15) is 5.26 Å². The predicted octanol–water partition coefficient (Wildman–Crippen LogP) is 1.02. The summed E-state index contributed by atoms with van der Waals surface area (Å²) < 4.78 is 5.04. The summed E-state index contributed by atoms with van der Waals surface area (Å²) in [4.78, 5) is 6.29. The molecule has 1 heterocycles. The highest BCUT2D eigenvalue weighted by Gasteiger charge is 2.15. The zero-order chi connectivity index (χ0) is 13.5. The monoisotopic (exact) mass is 249 g/mol. The summed E-state index contributed by atoms with van der Waals surface area (Å²) in [6, 6.07) is 4.06. The maximum atomic E-state index is 9.22. The fraction of sp³-hybridized carbons (Fsp3) is 0.538. The number of nitrogens with zero attached hydrogens (tertiary/aromatic N) is 3. The van der Waals surface area contributed by atoms with Crippen LogP contribution in [0.1, 0.15) is 16.8 Å². The van der Waals surface area contributed by atoms with E-state index >= 15 is 0 Å². The molecule has 0 radical (unpaired) electrons. The molecule has 5 nitrogen and oxygen atoms in total. The number of anilines is 1. The molecule has 0 amide bonds. The van der Waals surface area contributed by atoms with Gasteiger partial charge in [0.25, 0.3) is 0 Å². The molecule has 0 spiro atoms. The number of hydrogen-bond donors (Lipinski definition) is 1. The third kappa shape index (κ3) is 3.42. The molecule has 1 rings (SSSR count). The molecule has 1 aromatic rings. The number of rotatable bonds is 6. The van der Waals surface area contributed by atoms with Crippen molar-refractivity contribution in [1.29, 1.82) is 5.26 Å². The van der Waals surface area contributed by atoms with Crippen LogP contribution < -0.4 is 4.90 Å². The van der Waals surface area contributed by atoms with E-state index in [0.717, 1.165) is 11.3 Å². The van der Waals surface area contributed by atoms with Crippen molar-refractivity contribution in [3.63, 3.8) is 0 Å². The van der Waals surface area contributed by atoms with Gasteiger partial charge in [0.05, 0.1) is 18.8 Å². The molecule has 0 atom stereocenters. The Morgan fingerprint density at radius 2 is 2.17 bits per heavy atom. The standard InChI is InChI=1S/C13H19N3O2/c1-10-8-11(2)15-13(12(10)9-14)16(4-6-17)5-7-18-3/h8,17H,4-7H2,1-3H3. The van der Waals surface area contributed by atoms with E-state index in [1.807, 2.05) is 24.8 Å². The number of aromatic nitrogens is 1. The van der Waals surface area contributed by atoms with E-state index in [1.165, 1.54) is 0 Å². The topological polar surface area (TPSA) is 69.4 Å².